The minimum absolute atomic E-state index is 0.491. The summed E-state index contributed by atoms with van der Waals surface area (Å²) in [5.74, 6) is 0.681. The average molecular weight is 347 g/mol. The van der Waals surface area contributed by atoms with Gasteiger partial charge in [-0.25, -0.2) is 4.98 Å². The highest BCUT2D eigenvalue weighted by atomic mass is 79.9. The highest BCUT2D eigenvalue weighted by Crippen LogP contribution is 2.31. The van der Waals surface area contributed by atoms with Crippen molar-refractivity contribution in [3.05, 3.63) is 44.5 Å². The Labute approximate surface area is 123 Å². The van der Waals surface area contributed by atoms with Crippen molar-refractivity contribution >= 4 is 56.3 Å². The van der Waals surface area contributed by atoms with Gasteiger partial charge in [-0.05, 0) is 46.6 Å². The van der Waals surface area contributed by atoms with Gasteiger partial charge in [0.15, 0.2) is 0 Å². The Bertz CT molecular complexity index is 602. The Kier molecular flexibility index (Phi) is 4.00. The lowest BCUT2D eigenvalue weighted by Crippen LogP contribution is -1.99. The average Bonchev–Trinajstić information content (AvgIpc) is 2.34. The molecule has 1 aromatic carbocycles. The van der Waals surface area contributed by atoms with E-state index in [0.29, 0.717) is 21.6 Å². The SMILES string of the molecule is Cc1c(N)cnc(Nc2ccc(Cl)c(Cl)c2)c1Br. The monoisotopic (exact) mass is 345 g/mol. The molecule has 0 unspecified atom stereocenters. The predicted molar refractivity (Wildman–Crippen MR) is 80.8 cm³/mol. The van der Waals surface area contributed by atoms with E-state index in [1.54, 1.807) is 18.3 Å². The van der Waals surface area contributed by atoms with Crippen molar-refractivity contribution in [2.24, 2.45) is 0 Å². The van der Waals surface area contributed by atoms with Gasteiger partial charge in [0.1, 0.15) is 5.82 Å². The summed E-state index contributed by atoms with van der Waals surface area (Å²) in [6, 6.07) is 5.29. The number of nitrogens with zero attached hydrogens (tertiary/aromatic N) is 1. The lowest BCUT2D eigenvalue weighted by Gasteiger charge is -2.11. The second kappa shape index (κ2) is 5.34. The van der Waals surface area contributed by atoms with Crippen molar-refractivity contribution in [1.82, 2.24) is 4.98 Å². The molecule has 0 fully saturated rings. The number of nitrogens with one attached hydrogen (secondary N) is 1. The molecule has 0 bridgehead atoms. The molecule has 0 atom stereocenters. The maximum absolute atomic E-state index is 5.95. The molecule has 1 heterocycles. The van der Waals surface area contributed by atoms with Crippen LogP contribution in [0.25, 0.3) is 0 Å². The molecule has 0 radical (unpaired) electrons. The summed E-state index contributed by atoms with van der Waals surface area (Å²) in [5, 5.41) is 4.16. The van der Waals surface area contributed by atoms with Crippen molar-refractivity contribution in [3.8, 4) is 0 Å². The zero-order chi connectivity index (χ0) is 13.3. The first-order chi connectivity index (χ1) is 8.49. The van der Waals surface area contributed by atoms with E-state index >= 15 is 0 Å². The van der Waals surface area contributed by atoms with Crippen LogP contribution in [-0.4, -0.2) is 4.98 Å². The third-order valence-electron chi connectivity index (χ3n) is 2.49. The molecule has 0 aliphatic rings. The molecule has 18 heavy (non-hydrogen) atoms. The highest BCUT2D eigenvalue weighted by molar-refractivity contribution is 9.10. The zero-order valence-corrected chi connectivity index (χ0v) is 12.6. The zero-order valence-electron chi connectivity index (χ0n) is 9.47. The third kappa shape index (κ3) is 2.71. The van der Waals surface area contributed by atoms with Gasteiger partial charge in [0.05, 0.1) is 26.4 Å². The molecule has 3 N–H and O–H groups in total. The summed E-state index contributed by atoms with van der Waals surface area (Å²) in [4.78, 5) is 4.23. The highest BCUT2D eigenvalue weighted by Gasteiger charge is 2.08. The van der Waals surface area contributed by atoms with E-state index in [4.69, 9.17) is 28.9 Å². The molecule has 0 aliphatic heterocycles. The molecule has 0 saturated heterocycles. The topological polar surface area (TPSA) is 50.9 Å². The van der Waals surface area contributed by atoms with Crippen LogP contribution in [0.15, 0.2) is 28.9 Å². The van der Waals surface area contributed by atoms with Crippen LogP contribution >= 0.6 is 39.1 Å². The van der Waals surface area contributed by atoms with Crippen LogP contribution in [0.4, 0.5) is 17.2 Å². The summed E-state index contributed by atoms with van der Waals surface area (Å²) >= 11 is 15.3. The van der Waals surface area contributed by atoms with Crippen LogP contribution in [0, 0.1) is 6.92 Å². The van der Waals surface area contributed by atoms with Crippen molar-refractivity contribution in [3.63, 3.8) is 0 Å². The van der Waals surface area contributed by atoms with Gasteiger partial charge in [0, 0.05) is 5.69 Å². The second-order valence-electron chi connectivity index (χ2n) is 3.76. The van der Waals surface area contributed by atoms with Gasteiger partial charge >= 0.3 is 0 Å². The van der Waals surface area contributed by atoms with Crippen molar-refractivity contribution < 1.29 is 0 Å². The summed E-state index contributed by atoms with van der Waals surface area (Å²) in [6.07, 6.45) is 1.61. The van der Waals surface area contributed by atoms with Crippen LogP contribution < -0.4 is 11.1 Å². The van der Waals surface area contributed by atoms with Crippen molar-refractivity contribution in [2.75, 3.05) is 11.1 Å². The number of hydrogen-bond acceptors (Lipinski definition) is 3. The van der Waals surface area contributed by atoms with Gasteiger partial charge in [0.25, 0.3) is 0 Å². The molecule has 0 aliphatic carbocycles. The number of nitrogens with two attached hydrogens (primary N) is 1. The number of halogens is 3. The number of nitrogen functional groups attached to an aromatic ring is 1. The molecule has 0 amide bonds. The van der Waals surface area contributed by atoms with E-state index < -0.39 is 0 Å². The van der Waals surface area contributed by atoms with Gasteiger partial charge in [-0.3, -0.25) is 0 Å². The summed E-state index contributed by atoms with van der Waals surface area (Å²) < 4.78 is 0.827. The summed E-state index contributed by atoms with van der Waals surface area (Å²) in [5.41, 5.74) is 8.15. The van der Waals surface area contributed by atoms with E-state index in [1.165, 1.54) is 0 Å². The van der Waals surface area contributed by atoms with E-state index in [-0.39, 0.29) is 0 Å². The second-order valence-corrected chi connectivity index (χ2v) is 5.36. The normalized spacial score (nSPS) is 10.4. The number of hydrogen-bond donors (Lipinski definition) is 2. The molecule has 6 heteroatoms. The van der Waals surface area contributed by atoms with Crippen molar-refractivity contribution in [2.45, 2.75) is 6.92 Å². The van der Waals surface area contributed by atoms with Gasteiger partial charge in [-0.15, -0.1) is 0 Å². The van der Waals surface area contributed by atoms with Crippen LogP contribution in [-0.2, 0) is 0 Å². The van der Waals surface area contributed by atoms with Crippen LogP contribution in [0.1, 0.15) is 5.56 Å². The first-order valence-electron chi connectivity index (χ1n) is 5.11. The van der Waals surface area contributed by atoms with Crippen LogP contribution in [0.3, 0.4) is 0 Å². The summed E-state index contributed by atoms with van der Waals surface area (Å²) in [6.45, 7) is 1.92. The number of anilines is 3. The maximum atomic E-state index is 5.95. The quantitative estimate of drug-likeness (QED) is 0.822. The Morgan fingerprint density at radius 3 is 2.67 bits per heavy atom. The first kappa shape index (κ1) is 13.5. The smallest absolute Gasteiger partial charge is 0.145 e. The van der Waals surface area contributed by atoms with E-state index in [2.05, 4.69) is 26.2 Å². The molecular formula is C12H10BrCl2N3. The van der Waals surface area contributed by atoms with E-state index in [9.17, 15) is 0 Å². The number of benzene rings is 1. The fourth-order valence-electron chi connectivity index (χ4n) is 1.39. The standard InChI is InChI=1S/C12H10BrCl2N3/c1-6-10(16)5-17-12(11(6)13)18-7-2-3-8(14)9(15)4-7/h2-5H,16H2,1H3,(H,17,18). The molecule has 94 valence electrons. The molecule has 0 saturated carbocycles. The van der Waals surface area contributed by atoms with Crippen molar-refractivity contribution in [1.29, 1.82) is 0 Å². The van der Waals surface area contributed by atoms with Crippen LogP contribution in [0.5, 0.6) is 0 Å². The summed E-state index contributed by atoms with van der Waals surface area (Å²) in [7, 11) is 0. The minimum atomic E-state index is 0.491. The molecular weight excluding hydrogens is 337 g/mol. The van der Waals surface area contributed by atoms with Gasteiger partial charge in [-0.1, -0.05) is 23.2 Å². The molecule has 1 aromatic heterocycles. The molecule has 2 rings (SSSR count). The number of rotatable bonds is 2. The lowest BCUT2D eigenvalue weighted by atomic mass is 10.2. The van der Waals surface area contributed by atoms with E-state index in [0.717, 1.165) is 15.7 Å². The fourth-order valence-corrected chi connectivity index (χ4v) is 2.12. The fraction of sp³-hybridized carbons (Fsp3) is 0.0833. The number of pyridine rings is 1. The Hall–Kier alpha value is -0.970. The largest absolute Gasteiger partial charge is 0.397 e. The maximum Gasteiger partial charge on any atom is 0.145 e. The predicted octanol–water partition coefficient (Wildman–Crippen LogP) is 4.79. The Morgan fingerprint density at radius 1 is 1.28 bits per heavy atom. The van der Waals surface area contributed by atoms with E-state index in [1.807, 2.05) is 13.0 Å². The molecule has 2 aromatic rings. The van der Waals surface area contributed by atoms with Crippen LogP contribution in [0.2, 0.25) is 10.0 Å². The van der Waals surface area contributed by atoms with Gasteiger partial charge in [-0.2, -0.15) is 0 Å². The molecule has 0 spiro atoms. The molecule has 3 nitrogen and oxygen atoms in total. The van der Waals surface area contributed by atoms with Gasteiger partial charge < -0.3 is 11.1 Å². The number of aromatic nitrogens is 1. The minimum Gasteiger partial charge on any atom is -0.397 e. The van der Waals surface area contributed by atoms with Gasteiger partial charge in [0.2, 0.25) is 0 Å². The lowest BCUT2D eigenvalue weighted by molar-refractivity contribution is 1.25. The third-order valence-corrected chi connectivity index (χ3v) is 4.19. The Balaban J connectivity index is 2.34. The Morgan fingerprint density at radius 2 is 2.00 bits per heavy atom. The first-order valence-corrected chi connectivity index (χ1v) is 6.66.